The number of nitrogens with two attached hydrogens (primary N) is 2. The Labute approximate surface area is 283 Å². The monoisotopic (exact) mass is 672 g/mol. The fraction of sp³-hybridized carbons (Fsp3) is 0.571. The number of ether oxygens (including phenoxy) is 4. The summed E-state index contributed by atoms with van der Waals surface area (Å²) in [5.74, 6) is -2.61. The molecule has 13 nitrogen and oxygen atoms in total. The third-order valence-electron chi connectivity index (χ3n) is 8.16. The lowest BCUT2D eigenvalue weighted by molar-refractivity contribution is -0.160. The van der Waals surface area contributed by atoms with E-state index < -0.39 is 59.9 Å². The summed E-state index contributed by atoms with van der Waals surface area (Å²) in [4.78, 5) is 65.0. The molecule has 0 aromatic rings. The summed E-state index contributed by atoms with van der Waals surface area (Å²) in [6, 6.07) is 0. The van der Waals surface area contributed by atoms with Gasteiger partial charge in [-0.1, -0.05) is 45.1 Å². The molecule has 2 amide bonds. The van der Waals surface area contributed by atoms with Crippen molar-refractivity contribution < 1.29 is 42.9 Å². The Morgan fingerprint density at radius 1 is 1.08 bits per heavy atom. The highest BCUT2D eigenvalue weighted by atomic mass is 16.6. The van der Waals surface area contributed by atoms with Crippen LogP contribution in [-0.2, 0) is 38.1 Å². The highest BCUT2D eigenvalue weighted by Gasteiger charge is 2.35. The number of fused-ring (bicyclic) bond motifs is 2. The van der Waals surface area contributed by atoms with E-state index >= 15 is 0 Å². The highest BCUT2D eigenvalue weighted by Crippen LogP contribution is 2.30. The van der Waals surface area contributed by atoms with E-state index in [-0.39, 0.29) is 41.3 Å². The van der Waals surface area contributed by atoms with Gasteiger partial charge in [0.15, 0.2) is 6.10 Å². The maximum absolute atomic E-state index is 13.8. The van der Waals surface area contributed by atoms with Gasteiger partial charge < -0.3 is 41.0 Å². The predicted octanol–water partition coefficient (Wildman–Crippen LogP) is 3.05. The number of hydrogen-bond acceptors (Lipinski definition) is 11. The van der Waals surface area contributed by atoms with E-state index in [1.165, 1.54) is 20.3 Å². The molecule has 13 heteroatoms. The van der Waals surface area contributed by atoms with E-state index in [0.29, 0.717) is 31.5 Å². The molecule has 48 heavy (non-hydrogen) atoms. The summed E-state index contributed by atoms with van der Waals surface area (Å²) >= 11 is 0. The minimum Gasteiger partial charge on any atom is -0.459 e. The van der Waals surface area contributed by atoms with Gasteiger partial charge in [-0.3, -0.25) is 19.2 Å². The Kier molecular flexibility index (Phi) is 16.4. The number of rotatable bonds is 10. The number of carbonyl (C=O) groups is 5. The minimum absolute atomic E-state index is 0.113. The molecule has 0 radical (unpaired) electrons. The Morgan fingerprint density at radius 3 is 2.40 bits per heavy atom. The van der Waals surface area contributed by atoms with Gasteiger partial charge in [0.25, 0.3) is 5.91 Å². The number of primary amides is 1. The fourth-order valence-electron chi connectivity index (χ4n) is 5.65. The maximum atomic E-state index is 13.8. The lowest BCUT2D eigenvalue weighted by atomic mass is 9.85. The number of methoxy groups -OCH3 is 2. The molecule has 0 aromatic carbocycles. The van der Waals surface area contributed by atoms with Gasteiger partial charge in [0.05, 0.1) is 17.5 Å². The van der Waals surface area contributed by atoms with Gasteiger partial charge in [-0.25, -0.2) is 4.79 Å². The molecular weight excluding hydrogens is 620 g/mol. The van der Waals surface area contributed by atoms with E-state index in [9.17, 15) is 24.0 Å². The number of amides is 2. The zero-order chi connectivity index (χ0) is 36.0. The number of nitrogens with one attached hydrogen (secondary N) is 2. The Bertz CT molecular complexity index is 1350. The molecule has 2 bridgehead atoms. The Morgan fingerprint density at radius 2 is 1.79 bits per heavy atom. The topological polar surface area (TPSA) is 198 Å². The van der Waals surface area contributed by atoms with Gasteiger partial charge in [0, 0.05) is 50.3 Å². The van der Waals surface area contributed by atoms with Crippen LogP contribution in [0.15, 0.2) is 58.5 Å². The molecule has 2 aliphatic rings. The lowest BCUT2D eigenvalue weighted by Crippen LogP contribution is -2.40. The average molecular weight is 673 g/mol. The zero-order valence-electron chi connectivity index (χ0n) is 29.1. The quantitative estimate of drug-likeness (QED) is 0.151. The summed E-state index contributed by atoms with van der Waals surface area (Å²) in [6.07, 6.45) is 5.16. The SMILES string of the molecule is CCCNC1=C2C[C@@H](C)C[C@@H](OC)[C@@H](OC(=O)CCCN)[C@H](C)/C=C(\C)[C@@H](OC(N)=O)[C@H](OC)/C=C\C=C(/C)C(=O)NC(=CC1=O)C2=O. The van der Waals surface area contributed by atoms with E-state index in [2.05, 4.69) is 10.6 Å². The van der Waals surface area contributed by atoms with Crippen LogP contribution in [0, 0.1) is 11.8 Å². The molecule has 1 aliphatic heterocycles. The number of esters is 1. The standard InChI is InChI=1S/C35H52N4O9/c1-8-15-38-30-24-16-20(2)17-28(46-7)33(47-29(41)13-10-14-36)23(5)18-22(4)32(48-35(37)44)27(45-6)12-9-11-21(3)34(43)39-25(31(24)42)19-26(30)40/h9,11-12,18-20,23,27-28,32-33,38H,8,10,13-17,36H2,1-7H3,(H2,37,44)(H,39,43)/b12-9-,21-11+,22-18+/t20-,23-,27-,28-,32-,33+/m1/s1. The molecule has 6 atom stereocenters. The molecule has 2 rings (SSSR count). The first-order valence-corrected chi connectivity index (χ1v) is 16.3. The van der Waals surface area contributed by atoms with Crippen LogP contribution in [0.3, 0.4) is 0 Å². The molecule has 0 fully saturated rings. The number of allylic oxidation sites excluding steroid dienone is 4. The summed E-state index contributed by atoms with van der Waals surface area (Å²) in [6.45, 7) is 9.79. The van der Waals surface area contributed by atoms with Gasteiger partial charge in [-0.05, 0) is 57.6 Å². The van der Waals surface area contributed by atoms with E-state index in [1.54, 1.807) is 26.0 Å². The van der Waals surface area contributed by atoms with Gasteiger partial charge in [0.1, 0.15) is 12.2 Å². The van der Waals surface area contributed by atoms with Crippen LogP contribution in [0.25, 0.3) is 0 Å². The predicted molar refractivity (Wildman–Crippen MR) is 180 cm³/mol. The Hall–Kier alpha value is -4.07. The maximum Gasteiger partial charge on any atom is 0.405 e. The summed E-state index contributed by atoms with van der Waals surface area (Å²) in [7, 11) is 2.94. The van der Waals surface area contributed by atoms with E-state index in [1.807, 2.05) is 26.8 Å². The molecule has 1 aliphatic carbocycles. The second-order valence-corrected chi connectivity index (χ2v) is 12.2. The summed E-state index contributed by atoms with van der Waals surface area (Å²) < 4.78 is 23.0. The van der Waals surface area contributed by atoms with Crippen molar-refractivity contribution in [3.8, 4) is 0 Å². The van der Waals surface area contributed by atoms with Gasteiger partial charge in [-0.15, -0.1) is 0 Å². The normalized spacial score (nSPS) is 29.1. The lowest BCUT2D eigenvalue weighted by Gasteiger charge is -2.32. The van der Waals surface area contributed by atoms with Crippen molar-refractivity contribution in [2.24, 2.45) is 23.3 Å². The van der Waals surface area contributed by atoms with Crippen molar-refractivity contribution in [3.05, 3.63) is 58.5 Å². The second-order valence-electron chi connectivity index (χ2n) is 12.2. The van der Waals surface area contributed by atoms with Crippen LogP contribution in [-0.4, -0.2) is 81.3 Å². The smallest absolute Gasteiger partial charge is 0.405 e. The molecule has 0 aromatic heterocycles. The first-order valence-electron chi connectivity index (χ1n) is 16.3. The molecule has 0 spiro atoms. The third kappa shape index (κ3) is 11.6. The molecule has 6 N–H and O–H groups in total. The van der Waals surface area contributed by atoms with Crippen LogP contribution in [0.2, 0.25) is 0 Å². The van der Waals surface area contributed by atoms with Crippen LogP contribution >= 0.6 is 0 Å². The number of hydrogen-bond donors (Lipinski definition) is 4. The van der Waals surface area contributed by atoms with E-state index in [4.69, 9.17) is 30.4 Å². The van der Waals surface area contributed by atoms with Crippen LogP contribution in [0.1, 0.15) is 66.7 Å². The van der Waals surface area contributed by atoms with Crippen LogP contribution in [0.5, 0.6) is 0 Å². The fourth-order valence-corrected chi connectivity index (χ4v) is 5.65. The number of carbonyl (C=O) groups excluding carboxylic acids is 5. The molecule has 1 heterocycles. The van der Waals surface area contributed by atoms with Crippen molar-refractivity contribution in [3.63, 3.8) is 0 Å². The van der Waals surface area contributed by atoms with E-state index in [0.717, 1.165) is 12.5 Å². The average Bonchev–Trinajstić information content (AvgIpc) is 3.03. The van der Waals surface area contributed by atoms with Gasteiger partial charge >= 0.3 is 12.1 Å². The largest absolute Gasteiger partial charge is 0.459 e. The van der Waals surface area contributed by atoms with Crippen LogP contribution in [0.4, 0.5) is 4.79 Å². The van der Waals surface area contributed by atoms with Crippen molar-refractivity contribution in [1.29, 1.82) is 0 Å². The first-order chi connectivity index (χ1) is 22.8. The first kappa shape index (κ1) is 40.1. The summed E-state index contributed by atoms with van der Waals surface area (Å²) in [5.41, 5.74) is 12.2. The molecule has 0 saturated carbocycles. The molecule has 0 unspecified atom stereocenters. The number of Topliss-reactive ketones (excluding diaryl/α,β-unsaturated/α-hetero) is 1. The molecular formula is C35H52N4O9. The minimum atomic E-state index is -1.02. The third-order valence-corrected chi connectivity index (χ3v) is 8.16. The van der Waals surface area contributed by atoms with Gasteiger partial charge in [-0.2, -0.15) is 0 Å². The van der Waals surface area contributed by atoms with Crippen LogP contribution < -0.4 is 22.1 Å². The van der Waals surface area contributed by atoms with Gasteiger partial charge in [0.2, 0.25) is 11.6 Å². The molecule has 0 saturated heterocycles. The second kappa shape index (κ2) is 19.7. The molecule has 266 valence electrons. The van der Waals surface area contributed by atoms with Crippen molar-refractivity contribution in [1.82, 2.24) is 10.6 Å². The van der Waals surface area contributed by atoms with Crippen molar-refractivity contribution >= 4 is 29.5 Å². The summed E-state index contributed by atoms with van der Waals surface area (Å²) in [5, 5.41) is 5.69. The highest BCUT2D eigenvalue weighted by molar-refractivity contribution is 6.23. The number of ketones is 2. The van der Waals surface area contributed by atoms with Crippen molar-refractivity contribution in [2.45, 2.75) is 91.1 Å². The zero-order valence-corrected chi connectivity index (χ0v) is 29.1. The van der Waals surface area contributed by atoms with Crippen molar-refractivity contribution in [2.75, 3.05) is 27.3 Å². The Balaban J connectivity index is 2.72.